The molecule has 6 N–H and O–H groups in total. The molecule has 1 atom stereocenters. The number of H-pyrrole nitrogens is 1. The minimum atomic E-state index is -1.31. The molecule has 0 saturated carbocycles. The van der Waals surface area contributed by atoms with Crippen molar-refractivity contribution in [3.8, 4) is 0 Å². The Labute approximate surface area is 119 Å². The Bertz CT molecular complexity index is 570. The number of halogens is 1. The largest absolute Gasteiger partial charge is 0.480 e. The molecule has 0 amide bonds. The van der Waals surface area contributed by atoms with E-state index in [0.29, 0.717) is 13.0 Å². The third kappa shape index (κ3) is 4.04. The summed E-state index contributed by atoms with van der Waals surface area (Å²) in [6.07, 6.45) is 1.60. The van der Waals surface area contributed by atoms with Crippen molar-refractivity contribution in [2.24, 2.45) is 5.73 Å². The Morgan fingerprint density at radius 3 is 2.90 bits per heavy atom. The lowest BCUT2D eigenvalue weighted by molar-refractivity contribution is -0.142. The number of carboxylic acids is 1. The molecule has 0 spiro atoms. The quantitative estimate of drug-likeness (QED) is 0.280. The number of aromatic amines is 1. The summed E-state index contributed by atoms with van der Waals surface area (Å²) in [6, 6.07) is 0. The molecule has 0 bridgehead atoms. The molecule has 110 valence electrons. The summed E-state index contributed by atoms with van der Waals surface area (Å²) in [5, 5.41) is 18.7. The van der Waals surface area contributed by atoms with Crippen molar-refractivity contribution in [1.29, 1.82) is 5.41 Å². The molecule has 9 heteroatoms. The van der Waals surface area contributed by atoms with Crippen LogP contribution in [0.2, 0.25) is 5.28 Å². The van der Waals surface area contributed by atoms with Crippen LogP contribution in [0.5, 0.6) is 0 Å². The molecule has 0 aromatic carbocycles. The van der Waals surface area contributed by atoms with Crippen LogP contribution in [-0.4, -0.2) is 39.3 Å². The Morgan fingerprint density at radius 2 is 2.35 bits per heavy atom. The van der Waals surface area contributed by atoms with Crippen molar-refractivity contribution in [3.63, 3.8) is 0 Å². The van der Waals surface area contributed by atoms with Crippen LogP contribution in [0, 0.1) is 5.41 Å². The predicted molar refractivity (Wildman–Crippen MR) is 75.7 cm³/mol. The first kappa shape index (κ1) is 16.1. The van der Waals surface area contributed by atoms with E-state index in [9.17, 15) is 9.59 Å². The second-order valence-corrected chi connectivity index (χ2v) is 4.87. The Morgan fingerprint density at radius 1 is 1.70 bits per heavy atom. The zero-order valence-corrected chi connectivity index (χ0v) is 11.6. The summed E-state index contributed by atoms with van der Waals surface area (Å²) >= 11 is 5.58. The zero-order valence-electron chi connectivity index (χ0n) is 10.9. The van der Waals surface area contributed by atoms with Gasteiger partial charge in [0.25, 0.3) is 5.56 Å². The number of rotatable bonds is 7. The van der Waals surface area contributed by atoms with Gasteiger partial charge in [0, 0.05) is 12.8 Å². The Kier molecular flexibility index (Phi) is 5.23. The third-order valence-electron chi connectivity index (χ3n) is 2.72. The number of nitrogens with zero attached hydrogens (tertiary/aromatic N) is 1. The van der Waals surface area contributed by atoms with Crippen molar-refractivity contribution in [3.05, 3.63) is 21.3 Å². The van der Waals surface area contributed by atoms with Crippen LogP contribution in [0.25, 0.3) is 0 Å². The predicted octanol–water partition coefficient (Wildman–Crippen LogP) is 0.415. The first-order chi connectivity index (χ1) is 9.27. The normalized spacial score (nSPS) is 13.6. The summed E-state index contributed by atoms with van der Waals surface area (Å²) in [5.41, 5.74) is 4.03. The van der Waals surface area contributed by atoms with Gasteiger partial charge in [0.05, 0.1) is 0 Å². The van der Waals surface area contributed by atoms with Crippen LogP contribution in [0.15, 0.2) is 4.79 Å². The van der Waals surface area contributed by atoms with E-state index in [1.165, 1.54) is 6.92 Å². The van der Waals surface area contributed by atoms with E-state index in [2.05, 4.69) is 15.3 Å². The number of nitrogens with one attached hydrogen (secondary N) is 3. The zero-order chi connectivity index (χ0) is 15.3. The molecule has 0 aliphatic heterocycles. The van der Waals surface area contributed by atoms with Crippen LogP contribution >= 0.6 is 11.6 Å². The second kappa shape index (κ2) is 6.49. The number of carboxylic acid groups (broad SMARTS) is 1. The van der Waals surface area contributed by atoms with Gasteiger partial charge in [-0.25, -0.2) is 4.98 Å². The second-order valence-electron chi connectivity index (χ2n) is 4.51. The summed E-state index contributed by atoms with van der Waals surface area (Å²) < 4.78 is 0. The van der Waals surface area contributed by atoms with E-state index in [1.807, 2.05) is 0 Å². The highest BCUT2D eigenvalue weighted by Gasteiger charge is 2.26. The van der Waals surface area contributed by atoms with Gasteiger partial charge in [-0.2, -0.15) is 0 Å². The van der Waals surface area contributed by atoms with Gasteiger partial charge in [0.1, 0.15) is 16.9 Å². The fraction of sp³-hybridized carbons (Fsp3) is 0.455. The maximum atomic E-state index is 11.7. The van der Waals surface area contributed by atoms with Crippen LogP contribution in [0.3, 0.4) is 0 Å². The van der Waals surface area contributed by atoms with Crippen LogP contribution in [0.4, 0.5) is 5.69 Å². The highest BCUT2D eigenvalue weighted by molar-refractivity contribution is 6.28. The number of hydrogen-bond acceptors (Lipinski definition) is 6. The van der Waals surface area contributed by atoms with E-state index < -0.39 is 17.1 Å². The minimum Gasteiger partial charge on any atom is -0.480 e. The minimum absolute atomic E-state index is 0.0977. The van der Waals surface area contributed by atoms with E-state index in [4.69, 9.17) is 27.9 Å². The number of nitrogens with two attached hydrogens (primary N) is 1. The number of aliphatic carboxylic acids is 1. The Balaban J connectivity index is 2.66. The number of anilines is 1. The van der Waals surface area contributed by atoms with Gasteiger partial charge < -0.3 is 21.6 Å². The summed E-state index contributed by atoms with van der Waals surface area (Å²) in [6.45, 7) is 1.75. The molecule has 20 heavy (non-hydrogen) atoms. The van der Waals surface area contributed by atoms with E-state index >= 15 is 0 Å². The lowest BCUT2D eigenvalue weighted by atomic mass is 9.97. The van der Waals surface area contributed by atoms with E-state index in [1.54, 1.807) is 0 Å². The molecule has 0 aliphatic rings. The van der Waals surface area contributed by atoms with E-state index in [-0.39, 0.29) is 23.1 Å². The molecular formula is C11H16ClN5O3. The molecule has 0 radical (unpaired) electrons. The lowest BCUT2D eigenvalue weighted by Crippen LogP contribution is -2.45. The first-order valence-electron chi connectivity index (χ1n) is 5.84. The van der Waals surface area contributed by atoms with Crippen LogP contribution < -0.4 is 16.6 Å². The smallest absolute Gasteiger partial charge is 0.323 e. The van der Waals surface area contributed by atoms with Gasteiger partial charge in [-0.15, -0.1) is 0 Å². The van der Waals surface area contributed by atoms with Gasteiger partial charge in [-0.3, -0.25) is 14.6 Å². The standard InChI is InChI=1S/C11H16ClN5O3/c1-11(14,9(19)20)3-2-4-15-7-6(5-13)16-10(12)17-8(7)18/h5,13,15H,2-4,14H2,1H3,(H,19,20)(H,16,17,18). The van der Waals surface area contributed by atoms with Crippen molar-refractivity contribution in [1.82, 2.24) is 9.97 Å². The molecule has 8 nitrogen and oxygen atoms in total. The van der Waals surface area contributed by atoms with Crippen molar-refractivity contribution in [2.75, 3.05) is 11.9 Å². The lowest BCUT2D eigenvalue weighted by Gasteiger charge is -2.18. The molecule has 1 aromatic rings. The van der Waals surface area contributed by atoms with Crippen LogP contribution in [-0.2, 0) is 4.79 Å². The maximum Gasteiger partial charge on any atom is 0.323 e. The highest BCUT2D eigenvalue weighted by Crippen LogP contribution is 2.11. The summed E-state index contributed by atoms with van der Waals surface area (Å²) in [4.78, 5) is 28.6. The van der Waals surface area contributed by atoms with E-state index in [0.717, 1.165) is 6.21 Å². The molecule has 0 aliphatic carbocycles. The molecule has 1 unspecified atom stereocenters. The molecule has 1 aromatic heterocycles. The first-order valence-corrected chi connectivity index (χ1v) is 6.22. The Hall–Kier alpha value is -1.93. The number of aromatic nitrogens is 2. The summed E-state index contributed by atoms with van der Waals surface area (Å²) in [7, 11) is 0. The van der Waals surface area contributed by atoms with Gasteiger partial charge in [-0.05, 0) is 31.4 Å². The van der Waals surface area contributed by atoms with Gasteiger partial charge >= 0.3 is 5.97 Å². The molecule has 1 rings (SSSR count). The number of carbonyl (C=O) groups is 1. The maximum absolute atomic E-state index is 11.7. The summed E-state index contributed by atoms with van der Waals surface area (Å²) in [5.74, 6) is -1.08. The SMILES string of the molecule is CC(N)(CCCNc1c(C=N)nc(Cl)[nH]c1=O)C(=O)O. The molecule has 1 heterocycles. The van der Waals surface area contributed by atoms with Gasteiger partial charge in [0.15, 0.2) is 0 Å². The topological polar surface area (TPSA) is 145 Å². The molecule has 0 fully saturated rings. The fourth-order valence-electron chi connectivity index (χ4n) is 1.51. The van der Waals surface area contributed by atoms with Crippen molar-refractivity contribution < 1.29 is 9.90 Å². The molecular weight excluding hydrogens is 286 g/mol. The monoisotopic (exact) mass is 301 g/mol. The average Bonchev–Trinajstić information content (AvgIpc) is 2.35. The van der Waals surface area contributed by atoms with Crippen LogP contribution in [0.1, 0.15) is 25.5 Å². The van der Waals surface area contributed by atoms with Gasteiger partial charge in [0.2, 0.25) is 5.28 Å². The highest BCUT2D eigenvalue weighted by atomic mass is 35.5. The van der Waals surface area contributed by atoms with Crippen molar-refractivity contribution in [2.45, 2.75) is 25.3 Å². The van der Waals surface area contributed by atoms with Gasteiger partial charge in [-0.1, -0.05) is 0 Å². The fourth-order valence-corrected chi connectivity index (χ4v) is 1.69. The third-order valence-corrected chi connectivity index (χ3v) is 2.90. The van der Waals surface area contributed by atoms with Crippen molar-refractivity contribution >= 4 is 29.5 Å². The number of hydrogen-bond donors (Lipinski definition) is 5. The molecule has 0 saturated heterocycles. The average molecular weight is 302 g/mol.